The summed E-state index contributed by atoms with van der Waals surface area (Å²) in [5.74, 6) is 1.68. The molecular formula is C21H35N3. The number of rotatable bonds is 7. The summed E-state index contributed by atoms with van der Waals surface area (Å²) in [7, 11) is 6.58. The van der Waals surface area contributed by atoms with E-state index in [0.717, 1.165) is 18.4 Å². The Hall–Kier alpha value is -1.06. The molecule has 0 N–H and O–H groups in total. The molecule has 3 nitrogen and oxygen atoms in total. The zero-order chi connectivity index (χ0) is 17.1. The number of hydrogen-bond acceptors (Lipinski definition) is 3. The van der Waals surface area contributed by atoms with Crippen LogP contribution in [0, 0.1) is 12.8 Å². The Balaban J connectivity index is 1.48. The van der Waals surface area contributed by atoms with Gasteiger partial charge in [0.25, 0.3) is 0 Å². The predicted octanol–water partition coefficient (Wildman–Crippen LogP) is 3.58. The quantitative estimate of drug-likeness (QED) is 0.757. The number of aryl methyl sites for hydroxylation is 1. The molecule has 0 amide bonds. The van der Waals surface area contributed by atoms with Gasteiger partial charge in [-0.2, -0.15) is 0 Å². The fourth-order valence-corrected chi connectivity index (χ4v) is 4.33. The van der Waals surface area contributed by atoms with Crippen LogP contribution >= 0.6 is 0 Å². The second-order valence-electron chi connectivity index (χ2n) is 8.33. The van der Waals surface area contributed by atoms with Gasteiger partial charge in [0.15, 0.2) is 0 Å². The Labute approximate surface area is 148 Å². The molecule has 0 bridgehead atoms. The Morgan fingerprint density at radius 2 is 1.75 bits per heavy atom. The van der Waals surface area contributed by atoms with Crippen molar-refractivity contribution in [1.82, 2.24) is 9.80 Å². The number of nitrogens with zero attached hydrogens (tertiary/aromatic N) is 3. The molecule has 3 rings (SSSR count). The lowest BCUT2D eigenvalue weighted by atomic mass is 9.70. The first-order valence-electron chi connectivity index (χ1n) is 9.71. The van der Waals surface area contributed by atoms with E-state index in [1.807, 2.05) is 0 Å². The maximum absolute atomic E-state index is 2.54. The van der Waals surface area contributed by atoms with E-state index < -0.39 is 0 Å². The standard InChI is InChI=1S/C21H35N3/c1-17-13-20(24-9-5-6-10-24)7-8-21(17)19-14-18(15-19)16-23(4)12-11-22(2)3/h7-8,13,18-19H,5-6,9-12,14-16H2,1-4H3. The van der Waals surface area contributed by atoms with E-state index in [2.05, 4.69) is 61.0 Å². The Morgan fingerprint density at radius 3 is 2.38 bits per heavy atom. The third kappa shape index (κ3) is 4.31. The van der Waals surface area contributed by atoms with Gasteiger partial charge in [-0.15, -0.1) is 0 Å². The van der Waals surface area contributed by atoms with Gasteiger partial charge in [-0.3, -0.25) is 0 Å². The molecule has 1 aliphatic carbocycles. The molecule has 0 unspecified atom stereocenters. The molecule has 1 saturated carbocycles. The first-order valence-corrected chi connectivity index (χ1v) is 9.71. The molecule has 1 saturated heterocycles. The van der Waals surface area contributed by atoms with Crippen molar-refractivity contribution in [2.45, 2.75) is 38.5 Å². The van der Waals surface area contributed by atoms with Gasteiger partial charge in [0.05, 0.1) is 0 Å². The average Bonchev–Trinajstić information content (AvgIpc) is 3.03. The van der Waals surface area contributed by atoms with E-state index in [0.29, 0.717) is 0 Å². The monoisotopic (exact) mass is 329 g/mol. The van der Waals surface area contributed by atoms with Gasteiger partial charge in [0.1, 0.15) is 0 Å². The SMILES string of the molecule is Cc1cc(N2CCCC2)ccc1C1CC(CN(C)CCN(C)C)C1. The zero-order valence-corrected chi connectivity index (χ0v) is 16.1. The Bertz CT molecular complexity index is 528. The molecule has 2 fully saturated rings. The van der Waals surface area contributed by atoms with Crippen LogP contribution in [-0.4, -0.2) is 63.7 Å². The molecule has 1 heterocycles. The molecule has 24 heavy (non-hydrogen) atoms. The van der Waals surface area contributed by atoms with Crippen LogP contribution < -0.4 is 4.90 Å². The van der Waals surface area contributed by atoms with Crippen molar-refractivity contribution in [1.29, 1.82) is 0 Å². The lowest BCUT2D eigenvalue weighted by Crippen LogP contribution is -2.36. The van der Waals surface area contributed by atoms with Crippen LogP contribution in [0.25, 0.3) is 0 Å². The normalized spacial score (nSPS) is 24.0. The van der Waals surface area contributed by atoms with Crippen LogP contribution in [0.15, 0.2) is 18.2 Å². The molecule has 0 radical (unpaired) electrons. The third-order valence-electron chi connectivity index (χ3n) is 5.90. The van der Waals surface area contributed by atoms with Crippen molar-refractivity contribution in [3.05, 3.63) is 29.3 Å². The van der Waals surface area contributed by atoms with Crippen molar-refractivity contribution in [3.63, 3.8) is 0 Å². The smallest absolute Gasteiger partial charge is 0.0369 e. The van der Waals surface area contributed by atoms with Crippen LogP contribution in [0.3, 0.4) is 0 Å². The second-order valence-corrected chi connectivity index (χ2v) is 8.33. The van der Waals surface area contributed by atoms with Gasteiger partial charge >= 0.3 is 0 Å². The maximum atomic E-state index is 2.54. The molecular weight excluding hydrogens is 294 g/mol. The van der Waals surface area contributed by atoms with Crippen molar-refractivity contribution in [2.24, 2.45) is 5.92 Å². The highest BCUT2D eigenvalue weighted by Gasteiger charge is 2.31. The second kappa shape index (κ2) is 7.88. The number of benzene rings is 1. The van der Waals surface area contributed by atoms with E-state index in [9.17, 15) is 0 Å². The zero-order valence-electron chi connectivity index (χ0n) is 16.1. The number of likely N-dealkylation sites (N-methyl/N-ethyl adjacent to an activating group) is 2. The van der Waals surface area contributed by atoms with Gasteiger partial charge in [0.2, 0.25) is 0 Å². The van der Waals surface area contributed by atoms with Crippen molar-refractivity contribution in [3.8, 4) is 0 Å². The van der Waals surface area contributed by atoms with Crippen molar-refractivity contribution < 1.29 is 0 Å². The molecule has 1 aliphatic heterocycles. The summed E-state index contributed by atoms with van der Waals surface area (Å²) >= 11 is 0. The first kappa shape index (κ1) is 17.8. The molecule has 1 aromatic rings. The molecule has 2 aliphatic rings. The Morgan fingerprint density at radius 1 is 1.04 bits per heavy atom. The van der Waals surface area contributed by atoms with Crippen LogP contribution in [0.2, 0.25) is 0 Å². The fourth-order valence-electron chi connectivity index (χ4n) is 4.33. The minimum absolute atomic E-state index is 0.796. The highest BCUT2D eigenvalue weighted by atomic mass is 15.2. The number of anilines is 1. The maximum Gasteiger partial charge on any atom is 0.0369 e. The molecule has 0 spiro atoms. The molecule has 0 aromatic heterocycles. The summed E-state index contributed by atoms with van der Waals surface area (Å²) in [5.41, 5.74) is 4.54. The topological polar surface area (TPSA) is 9.72 Å². The van der Waals surface area contributed by atoms with E-state index in [1.165, 1.54) is 63.1 Å². The molecule has 1 aromatic carbocycles. The minimum atomic E-state index is 0.796. The highest BCUT2D eigenvalue weighted by molar-refractivity contribution is 5.52. The summed E-state index contributed by atoms with van der Waals surface area (Å²) in [6.07, 6.45) is 5.45. The van der Waals surface area contributed by atoms with Crippen LogP contribution in [0.4, 0.5) is 5.69 Å². The molecule has 3 heteroatoms. The largest absolute Gasteiger partial charge is 0.372 e. The van der Waals surface area contributed by atoms with Crippen LogP contribution in [0.1, 0.15) is 42.7 Å². The van der Waals surface area contributed by atoms with Gasteiger partial charge < -0.3 is 14.7 Å². The Kier molecular flexibility index (Phi) is 5.83. The highest BCUT2D eigenvalue weighted by Crippen LogP contribution is 2.43. The lowest BCUT2D eigenvalue weighted by molar-refractivity contribution is 0.172. The van der Waals surface area contributed by atoms with Gasteiger partial charge in [-0.05, 0) is 88.8 Å². The van der Waals surface area contributed by atoms with Crippen LogP contribution in [0.5, 0.6) is 0 Å². The summed E-state index contributed by atoms with van der Waals surface area (Å²) < 4.78 is 0. The third-order valence-corrected chi connectivity index (χ3v) is 5.90. The van der Waals surface area contributed by atoms with E-state index >= 15 is 0 Å². The summed E-state index contributed by atoms with van der Waals surface area (Å²) in [5, 5.41) is 0. The van der Waals surface area contributed by atoms with E-state index in [4.69, 9.17) is 0 Å². The minimum Gasteiger partial charge on any atom is -0.372 e. The lowest BCUT2D eigenvalue weighted by Gasteiger charge is -2.39. The first-order chi connectivity index (χ1) is 11.5. The number of hydrogen-bond donors (Lipinski definition) is 0. The van der Waals surface area contributed by atoms with Crippen molar-refractivity contribution >= 4 is 5.69 Å². The van der Waals surface area contributed by atoms with E-state index in [-0.39, 0.29) is 0 Å². The van der Waals surface area contributed by atoms with Gasteiger partial charge in [0, 0.05) is 38.4 Å². The summed E-state index contributed by atoms with van der Waals surface area (Å²) in [6.45, 7) is 8.38. The van der Waals surface area contributed by atoms with E-state index in [1.54, 1.807) is 5.56 Å². The molecule has 134 valence electrons. The summed E-state index contributed by atoms with van der Waals surface area (Å²) in [6, 6.07) is 7.21. The van der Waals surface area contributed by atoms with Crippen LogP contribution in [-0.2, 0) is 0 Å². The predicted molar refractivity (Wildman–Crippen MR) is 104 cm³/mol. The summed E-state index contributed by atoms with van der Waals surface area (Å²) in [4.78, 5) is 7.32. The fraction of sp³-hybridized carbons (Fsp3) is 0.714. The van der Waals surface area contributed by atoms with Gasteiger partial charge in [-0.25, -0.2) is 0 Å². The van der Waals surface area contributed by atoms with Gasteiger partial charge in [-0.1, -0.05) is 6.07 Å². The average molecular weight is 330 g/mol. The van der Waals surface area contributed by atoms with Crippen molar-refractivity contribution in [2.75, 3.05) is 58.8 Å². The molecule has 0 atom stereocenters.